The molecule has 0 fully saturated rings. The van der Waals surface area contributed by atoms with Gasteiger partial charge in [-0.2, -0.15) is 0 Å². The summed E-state index contributed by atoms with van der Waals surface area (Å²) >= 11 is 25.6. The highest BCUT2D eigenvalue weighted by Gasteiger charge is 2.28. The Morgan fingerprint density at radius 3 is 0.814 bits per heavy atom. The van der Waals surface area contributed by atoms with Gasteiger partial charge >= 0.3 is 0 Å². The fourth-order valence-electron chi connectivity index (χ4n) is 11.6. The molecule has 0 amide bonds. The van der Waals surface area contributed by atoms with Gasteiger partial charge in [-0.05, 0) is 119 Å². The number of hydrogen-bond donors (Lipinski definition) is 2. The van der Waals surface area contributed by atoms with Gasteiger partial charge in [-0.1, -0.05) is 197 Å². The van der Waals surface area contributed by atoms with Gasteiger partial charge in [0.05, 0.1) is 28.4 Å². The van der Waals surface area contributed by atoms with Gasteiger partial charge in [0.25, 0.3) is 0 Å². The standard InChI is InChI=1S/C17H30N2OS.C16H28N2OS.2C15H26N2OS.C14H24N2OS/c1-7-19(8-2)14-13(15(20)16(14)21)18(6)12-10-9-11-17(3,4)5;1-7-17(5)13-12(14(19)15(13)20)18(6)11-9-8-10-16(2,3)4;1-15(2,3)9-7-8-10-17(6)11-12(16(4)5)14(19)13(11)18;1-6-16-11-12(13(18)14(11)19)17(5)10-8-7-9-15(2,3)4;1-14(2,3)8-6-7-9-16(5)11-10(15-4)13(18)12(11)17/h7-12H2,1-6H3;7-11H2,1-6H3;7-10H2,1-6H3;16H,6-10H2,1-5H3;15H,6-9H2,1-5H3. The molecule has 0 aliphatic rings. The SMILES string of the molecule is CCN(C)c1c(N(C)CCCCC(C)(C)C)c(=O)c1=S.CCN(CC)c1c(N(C)CCCCC(C)(C)C)c(=O)c1=S.CCNc1c(N(C)CCCCC(C)(C)C)c(=O)c1=S.CN(C)c1c(N(C)CCCCC(C)(C)C)c(=O)c1=S.CNc1c(N(C)CCCCC(C)(C)C)c(=O)c1=S. The van der Waals surface area contributed by atoms with Crippen molar-refractivity contribution in [3.8, 4) is 0 Å². The molecule has 5 aromatic carbocycles. The summed E-state index contributed by atoms with van der Waals surface area (Å²) < 4.78 is 2.37. The van der Waals surface area contributed by atoms with Crippen LogP contribution >= 0.6 is 61.1 Å². The zero-order valence-corrected chi connectivity index (χ0v) is 70.2. The molecule has 0 unspecified atom stereocenters. The largest absolute Gasteiger partial charge is 0.385 e. The first-order valence-corrected chi connectivity index (χ1v) is 37.9. The summed E-state index contributed by atoms with van der Waals surface area (Å²) in [6, 6.07) is 0. The molecule has 0 bridgehead atoms. The minimum absolute atomic E-state index is 0.00710. The molecule has 552 valence electrons. The summed E-state index contributed by atoms with van der Waals surface area (Å²) in [6.07, 6.45) is 17.6. The average Bonchev–Trinajstić information content (AvgIpc) is 0.785. The van der Waals surface area contributed by atoms with Crippen molar-refractivity contribution in [3.63, 3.8) is 0 Å². The third-order valence-corrected chi connectivity index (χ3v) is 19.5. The second kappa shape index (κ2) is 40.8. The van der Waals surface area contributed by atoms with E-state index >= 15 is 0 Å². The van der Waals surface area contributed by atoms with Crippen LogP contribution < -0.4 is 77.0 Å². The first kappa shape index (κ1) is 90.5. The topological polar surface area (TPSA) is 135 Å². The molecular weight excluding hydrogens is 1310 g/mol. The van der Waals surface area contributed by atoms with Crippen molar-refractivity contribution < 1.29 is 0 Å². The van der Waals surface area contributed by atoms with E-state index in [1.54, 1.807) is 0 Å². The second-order valence-corrected chi connectivity index (χ2v) is 34.9. The Balaban J connectivity index is 0.000000607. The van der Waals surface area contributed by atoms with E-state index < -0.39 is 0 Å². The molecular formula is C77H134N10O5S5. The summed E-state index contributed by atoms with van der Waals surface area (Å²) in [5, 5.41) is 6.19. The van der Waals surface area contributed by atoms with E-state index in [1.165, 1.54) is 64.2 Å². The molecule has 0 aromatic heterocycles. The minimum Gasteiger partial charge on any atom is -0.385 e. The Bertz CT molecular complexity index is 3550. The van der Waals surface area contributed by atoms with Crippen molar-refractivity contribution >= 4 is 118 Å². The molecule has 2 N–H and O–H groups in total. The monoisotopic (exact) mass is 1440 g/mol. The van der Waals surface area contributed by atoms with Crippen molar-refractivity contribution in [2.45, 2.75) is 228 Å². The number of anilines is 10. The Morgan fingerprint density at radius 2 is 0.546 bits per heavy atom. The van der Waals surface area contributed by atoms with Crippen molar-refractivity contribution in [1.82, 2.24) is 0 Å². The molecule has 0 atom stereocenters. The molecule has 20 heteroatoms. The molecule has 0 saturated carbocycles. The fourth-order valence-corrected chi connectivity index (χ4v) is 13.2. The zero-order chi connectivity index (χ0) is 75.1. The quantitative estimate of drug-likeness (QED) is 0.0298. The molecule has 0 aliphatic carbocycles. The van der Waals surface area contributed by atoms with Crippen LogP contribution in [0.15, 0.2) is 24.0 Å². The maximum Gasteiger partial charge on any atom is 0.224 e. The number of nitrogens with zero attached hydrogens (tertiary/aromatic N) is 8. The Hall–Kier alpha value is -4.50. The summed E-state index contributed by atoms with van der Waals surface area (Å²) in [7, 11) is 17.6. The van der Waals surface area contributed by atoms with Crippen molar-refractivity contribution in [2.75, 3.05) is 172 Å². The molecule has 97 heavy (non-hydrogen) atoms. The van der Waals surface area contributed by atoms with E-state index in [2.05, 4.69) is 160 Å². The fraction of sp³-hybridized carbons (Fsp3) is 0.740. The summed E-state index contributed by atoms with van der Waals surface area (Å²) in [5.74, 6) is 0. The predicted molar refractivity (Wildman–Crippen MR) is 443 cm³/mol. The van der Waals surface area contributed by atoms with Crippen LogP contribution in [-0.4, -0.2) is 122 Å². The molecule has 0 spiro atoms. The number of rotatable bonds is 34. The highest BCUT2D eigenvalue weighted by Crippen LogP contribution is 2.35. The lowest BCUT2D eigenvalue weighted by atomic mass is 9.90. The number of hydrogen-bond acceptors (Lipinski definition) is 20. The maximum atomic E-state index is 12.1. The Morgan fingerprint density at radius 1 is 0.299 bits per heavy atom. The maximum absolute atomic E-state index is 12.1. The van der Waals surface area contributed by atoms with Crippen LogP contribution in [0.3, 0.4) is 0 Å². The van der Waals surface area contributed by atoms with Gasteiger partial charge in [-0.15, -0.1) is 0 Å². The summed E-state index contributed by atoms with van der Waals surface area (Å²) in [6.45, 7) is 50.2. The van der Waals surface area contributed by atoms with Crippen LogP contribution in [0.5, 0.6) is 0 Å². The highest BCUT2D eigenvalue weighted by atomic mass is 32.1. The summed E-state index contributed by atoms with van der Waals surface area (Å²) in [4.78, 5) is 75.8. The molecule has 5 rings (SSSR count). The van der Waals surface area contributed by atoms with E-state index in [0.717, 1.165) is 148 Å². The van der Waals surface area contributed by atoms with E-state index in [9.17, 15) is 24.0 Å². The highest BCUT2D eigenvalue weighted by molar-refractivity contribution is 7.72. The first-order valence-electron chi connectivity index (χ1n) is 35.9. The lowest BCUT2D eigenvalue weighted by molar-refractivity contribution is 0.361. The molecule has 5 aromatic rings. The smallest absolute Gasteiger partial charge is 0.224 e. The average molecular weight is 1440 g/mol. The van der Waals surface area contributed by atoms with Crippen LogP contribution in [0.4, 0.5) is 56.9 Å². The lowest BCUT2D eigenvalue weighted by Gasteiger charge is -2.31. The van der Waals surface area contributed by atoms with Gasteiger partial charge in [0.1, 0.15) is 51.0 Å². The summed E-state index contributed by atoms with van der Waals surface area (Å²) in [5.41, 5.74) is 10.5. The van der Waals surface area contributed by atoms with Crippen LogP contribution in [-0.2, 0) is 0 Å². The van der Waals surface area contributed by atoms with Gasteiger partial charge in [-0.3, -0.25) is 24.0 Å². The third-order valence-electron chi connectivity index (χ3n) is 17.6. The minimum atomic E-state index is 0.00710. The lowest BCUT2D eigenvalue weighted by Crippen LogP contribution is -2.35. The zero-order valence-electron chi connectivity index (χ0n) is 66.1. The third kappa shape index (κ3) is 29.2. The van der Waals surface area contributed by atoms with Gasteiger partial charge in [0.15, 0.2) is 0 Å². The Kier molecular flexibility index (Phi) is 38.1. The van der Waals surface area contributed by atoms with E-state index in [0.29, 0.717) is 49.6 Å². The first-order chi connectivity index (χ1) is 44.6. The van der Waals surface area contributed by atoms with Gasteiger partial charge in [0.2, 0.25) is 27.1 Å². The van der Waals surface area contributed by atoms with Gasteiger partial charge in [0, 0.05) is 122 Å². The van der Waals surface area contributed by atoms with Crippen LogP contribution in [0.2, 0.25) is 0 Å². The van der Waals surface area contributed by atoms with Gasteiger partial charge in [-0.25, -0.2) is 0 Å². The van der Waals surface area contributed by atoms with Crippen molar-refractivity contribution in [2.24, 2.45) is 27.1 Å². The second-order valence-electron chi connectivity index (χ2n) is 32.9. The predicted octanol–water partition coefficient (Wildman–Crippen LogP) is 18.4. The van der Waals surface area contributed by atoms with Gasteiger partial charge < -0.3 is 49.8 Å². The van der Waals surface area contributed by atoms with Crippen LogP contribution in [0, 0.1) is 49.6 Å². The molecule has 0 heterocycles. The molecule has 0 radical (unpaired) electrons. The number of unbranched alkanes of at least 4 members (excludes halogenated alkanes) is 5. The normalized spacial score (nSPS) is 11.9. The van der Waals surface area contributed by atoms with Crippen LogP contribution in [0.25, 0.3) is 0 Å². The van der Waals surface area contributed by atoms with E-state index in [4.69, 9.17) is 61.1 Å². The Labute approximate surface area is 614 Å². The van der Waals surface area contributed by atoms with Crippen molar-refractivity contribution in [1.29, 1.82) is 0 Å². The van der Waals surface area contributed by atoms with E-state index in [1.807, 2.05) is 85.1 Å². The van der Waals surface area contributed by atoms with E-state index in [-0.39, 0.29) is 27.1 Å². The molecule has 0 saturated heterocycles. The molecule has 15 nitrogen and oxygen atoms in total. The number of nitrogens with one attached hydrogen (secondary N) is 2. The van der Waals surface area contributed by atoms with Crippen LogP contribution in [0.1, 0.15) is 228 Å². The van der Waals surface area contributed by atoms with Crippen molar-refractivity contribution in [3.05, 3.63) is 73.7 Å². The molecule has 0 aliphatic heterocycles.